The second kappa shape index (κ2) is 6.96. The fourth-order valence-corrected chi connectivity index (χ4v) is 3.29. The van der Waals surface area contributed by atoms with Crippen molar-refractivity contribution in [3.05, 3.63) is 54.1 Å². The van der Waals surface area contributed by atoms with Crippen molar-refractivity contribution in [2.24, 2.45) is 0 Å². The highest BCUT2D eigenvalue weighted by atomic mass is 35.5. The minimum atomic E-state index is -3.25. The maximum absolute atomic E-state index is 12.1. The summed E-state index contributed by atoms with van der Waals surface area (Å²) < 4.78 is 24.2. The number of sulfone groups is 1. The maximum atomic E-state index is 12.1. The van der Waals surface area contributed by atoms with E-state index in [1.165, 1.54) is 0 Å². The third kappa shape index (κ3) is 3.99. The number of anilines is 2. The molecule has 1 N–H and O–H groups in total. The Morgan fingerprint density at radius 1 is 1.05 bits per heavy atom. The molecule has 0 atom stereocenters. The van der Waals surface area contributed by atoms with Crippen molar-refractivity contribution in [1.82, 2.24) is 0 Å². The van der Waals surface area contributed by atoms with Crippen LogP contribution in [0.4, 0.5) is 11.4 Å². The highest BCUT2D eigenvalue weighted by Gasteiger charge is 2.15. The number of benzene rings is 2. The van der Waals surface area contributed by atoms with Gasteiger partial charge < -0.3 is 5.32 Å². The molecule has 0 aliphatic rings. The standard InChI is InChI=1S/C16H18ClNO2S/c1-2-21(19,20)16-6-4-3-5-15(16)18-14-9-7-13(8-10-14)11-12-17/h3-10,18H,2,11-12H2,1H3. The molecule has 0 bridgehead atoms. The average molecular weight is 324 g/mol. The second-order valence-electron chi connectivity index (χ2n) is 4.66. The molecule has 0 aromatic heterocycles. The van der Waals surface area contributed by atoms with E-state index in [1.54, 1.807) is 25.1 Å². The summed E-state index contributed by atoms with van der Waals surface area (Å²) in [5.41, 5.74) is 2.61. The minimum Gasteiger partial charge on any atom is -0.354 e. The van der Waals surface area contributed by atoms with Crippen molar-refractivity contribution in [3.63, 3.8) is 0 Å². The Balaban J connectivity index is 2.28. The van der Waals surface area contributed by atoms with Crippen LogP contribution in [0.3, 0.4) is 0 Å². The third-order valence-corrected chi connectivity index (χ3v) is 5.19. The maximum Gasteiger partial charge on any atom is 0.180 e. The Labute approximate surface area is 130 Å². The molecule has 3 nitrogen and oxygen atoms in total. The summed E-state index contributed by atoms with van der Waals surface area (Å²) in [4.78, 5) is 0.331. The van der Waals surface area contributed by atoms with Gasteiger partial charge >= 0.3 is 0 Å². The Hall–Kier alpha value is -1.52. The molecular weight excluding hydrogens is 306 g/mol. The molecule has 0 amide bonds. The molecule has 21 heavy (non-hydrogen) atoms. The summed E-state index contributed by atoms with van der Waals surface area (Å²) in [5, 5.41) is 3.17. The fourth-order valence-electron chi connectivity index (χ4n) is 2.02. The Bertz CT molecular complexity index is 696. The predicted molar refractivity (Wildman–Crippen MR) is 88.3 cm³/mol. The lowest BCUT2D eigenvalue weighted by Gasteiger charge is -2.12. The highest BCUT2D eigenvalue weighted by molar-refractivity contribution is 7.91. The molecule has 2 aromatic rings. The van der Waals surface area contributed by atoms with Crippen molar-refractivity contribution in [2.75, 3.05) is 16.9 Å². The quantitative estimate of drug-likeness (QED) is 0.817. The van der Waals surface area contributed by atoms with Crippen molar-refractivity contribution in [2.45, 2.75) is 18.2 Å². The summed E-state index contributed by atoms with van der Waals surface area (Å²) in [6.45, 7) is 1.65. The smallest absolute Gasteiger partial charge is 0.180 e. The van der Waals surface area contributed by atoms with Crippen LogP contribution in [-0.2, 0) is 16.3 Å². The highest BCUT2D eigenvalue weighted by Crippen LogP contribution is 2.25. The summed E-state index contributed by atoms with van der Waals surface area (Å²) in [5.74, 6) is 0.671. The van der Waals surface area contributed by atoms with Gasteiger partial charge in [0.1, 0.15) is 0 Å². The zero-order valence-corrected chi connectivity index (χ0v) is 13.4. The topological polar surface area (TPSA) is 46.2 Å². The molecular formula is C16H18ClNO2S. The number of aryl methyl sites for hydroxylation is 1. The first-order chi connectivity index (χ1) is 10.1. The molecule has 0 aliphatic carbocycles. The molecule has 0 saturated carbocycles. The summed E-state index contributed by atoms with van der Waals surface area (Å²) in [6, 6.07) is 14.8. The SMILES string of the molecule is CCS(=O)(=O)c1ccccc1Nc1ccc(CCCl)cc1. The monoisotopic (exact) mass is 323 g/mol. The van der Waals surface area contributed by atoms with Crippen molar-refractivity contribution >= 4 is 32.8 Å². The number of alkyl halides is 1. The normalized spacial score (nSPS) is 11.3. The lowest BCUT2D eigenvalue weighted by molar-refractivity contribution is 0.597. The largest absolute Gasteiger partial charge is 0.354 e. The molecule has 2 rings (SSSR count). The van der Waals surface area contributed by atoms with Crippen LogP contribution in [0.25, 0.3) is 0 Å². The Morgan fingerprint density at radius 3 is 2.33 bits per heavy atom. The van der Waals surface area contributed by atoms with Crippen molar-refractivity contribution in [3.8, 4) is 0 Å². The van der Waals surface area contributed by atoms with E-state index in [4.69, 9.17) is 11.6 Å². The molecule has 2 aromatic carbocycles. The van der Waals surface area contributed by atoms with Crippen LogP contribution < -0.4 is 5.32 Å². The number of nitrogens with one attached hydrogen (secondary N) is 1. The van der Waals surface area contributed by atoms with Crippen molar-refractivity contribution in [1.29, 1.82) is 0 Å². The van der Waals surface area contributed by atoms with Crippen LogP contribution in [-0.4, -0.2) is 20.1 Å². The first kappa shape index (κ1) is 15.9. The zero-order valence-electron chi connectivity index (χ0n) is 11.8. The number of rotatable bonds is 6. The van der Waals surface area contributed by atoms with Gasteiger partial charge in [0.05, 0.1) is 16.3 Å². The van der Waals surface area contributed by atoms with Gasteiger partial charge in [-0.15, -0.1) is 11.6 Å². The van der Waals surface area contributed by atoms with Crippen LogP contribution in [0.5, 0.6) is 0 Å². The zero-order chi connectivity index (χ0) is 15.3. The number of hydrogen-bond acceptors (Lipinski definition) is 3. The van der Waals surface area contributed by atoms with E-state index in [2.05, 4.69) is 5.32 Å². The van der Waals surface area contributed by atoms with E-state index in [1.807, 2.05) is 30.3 Å². The molecule has 112 valence electrons. The van der Waals surface area contributed by atoms with Crippen molar-refractivity contribution < 1.29 is 8.42 Å². The van der Waals surface area contributed by atoms with E-state index in [-0.39, 0.29) is 5.75 Å². The van der Waals surface area contributed by atoms with Gasteiger partial charge in [0.2, 0.25) is 0 Å². The third-order valence-electron chi connectivity index (χ3n) is 3.22. The number of halogens is 1. The van der Waals surface area contributed by atoms with E-state index in [9.17, 15) is 8.42 Å². The lowest BCUT2D eigenvalue weighted by Crippen LogP contribution is -2.07. The average Bonchev–Trinajstić information content (AvgIpc) is 2.50. The van der Waals surface area contributed by atoms with E-state index < -0.39 is 9.84 Å². The first-order valence-corrected chi connectivity index (χ1v) is 8.99. The van der Waals surface area contributed by atoms with Gasteiger partial charge in [0, 0.05) is 11.6 Å². The molecule has 5 heteroatoms. The predicted octanol–water partition coefficient (Wildman–Crippen LogP) is 4.01. The van der Waals surface area contributed by atoms with E-state index in [0.29, 0.717) is 16.5 Å². The van der Waals surface area contributed by atoms with Gasteiger partial charge in [-0.05, 0) is 36.2 Å². The van der Waals surface area contributed by atoms with Gasteiger partial charge in [-0.1, -0.05) is 31.2 Å². The molecule has 0 radical (unpaired) electrons. The lowest BCUT2D eigenvalue weighted by atomic mass is 10.1. The fraction of sp³-hybridized carbons (Fsp3) is 0.250. The van der Waals surface area contributed by atoms with Gasteiger partial charge in [-0.3, -0.25) is 0 Å². The second-order valence-corrected chi connectivity index (χ2v) is 7.29. The molecule has 0 spiro atoms. The van der Waals surface area contributed by atoms with Gasteiger partial charge in [-0.2, -0.15) is 0 Å². The molecule has 0 saturated heterocycles. The molecule has 0 unspecified atom stereocenters. The summed E-state index contributed by atoms with van der Waals surface area (Å²) >= 11 is 5.71. The van der Waals surface area contributed by atoms with Crippen LogP contribution in [0.15, 0.2) is 53.4 Å². The van der Waals surface area contributed by atoms with Gasteiger partial charge in [0.25, 0.3) is 0 Å². The minimum absolute atomic E-state index is 0.0837. The first-order valence-electron chi connectivity index (χ1n) is 6.80. The van der Waals surface area contributed by atoms with Crippen LogP contribution in [0.2, 0.25) is 0 Å². The van der Waals surface area contributed by atoms with Crippen LogP contribution in [0.1, 0.15) is 12.5 Å². The van der Waals surface area contributed by atoms with Crippen LogP contribution in [0, 0.1) is 0 Å². The molecule has 0 heterocycles. The Morgan fingerprint density at radius 2 is 1.71 bits per heavy atom. The number of hydrogen-bond donors (Lipinski definition) is 1. The van der Waals surface area contributed by atoms with E-state index >= 15 is 0 Å². The van der Waals surface area contributed by atoms with Crippen LogP contribution >= 0.6 is 11.6 Å². The van der Waals surface area contributed by atoms with E-state index in [0.717, 1.165) is 17.7 Å². The van der Waals surface area contributed by atoms with Gasteiger partial charge in [0.15, 0.2) is 9.84 Å². The van der Waals surface area contributed by atoms with Gasteiger partial charge in [-0.25, -0.2) is 8.42 Å². The molecule has 0 fully saturated rings. The molecule has 0 aliphatic heterocycles. The number of para-hydroxylation sites is 1. The summed E-state index contributed by atoms with van der Waals surface area (Å²) in [6.07, 6.45) is 0.822. The summed E-state index contributed by atoms with van der Waals surface area (Å²) in [7, 11) is -3.25. The Kier molecular flexibility index (Phi) is 5.26.